The number of benzene rings is 1. The van der Waals surface area contributed by atoms with E-state index in [1.807, 2.05) is 24.4 Å². The zero-order valence-electron chi connectivity index (χ0n) is 15.4. The molecule has 0 radical (unpaired) electrons. The van der Waals surface area contributed by atoms with Crippen LogP contribution in [0.3, 0.4) is 0 Å². The van der Waals surface area contributed by atoms with Crippen LogP contribution >= 0.6 is 0 Å². The summed E-state index contributed by atoms with van der Waals surface area (Å²) in [5.74, 6) is 0.673. The van der Waals surface area contributed by atoms with Crippen LogP contribution in [0, 0.1) is 5.92 Å². The Morgan fingerprint density at radius 1 is 1.15 bits per heavy atom. The molecule has 1 aromatic carbocycles. The number of hydrogen-bond donors (Lipinski definition) is 2. The van der Waals surface area contributed by atoms with Gasteiger partial charge in [-0.25, -0.2) is 0 Å². The van der Waals surface area contributed by atoms with Crippen molar-refractivity contribution in [1.82, 2.24) is 15.6 Å². The molecule has 1 aromatic heterocycles. The number of amides is 1. The van der Waals surface area contributed by atoms with Gasteiger partial charge in [-0.15, -0.1) is 0 Å². The highest BCUT2D eigenvalue weighted by molar-refractivity contribution is 5.76. The molecule has 2 N–H and O–H groups in total. The normalized spacial score (nSPS) is 18.2. The first-order chi connectivity index (χ1) is 12.8. The molecule has 0 saturated carbocycles. The quantitative estimate of drug-likeness (QED) is 0.768. The summed E-state index contributed by atoms with van der Waals surface area (Å²) in [5.41, 5.74) is 2.45. The molecule has 0 spiro atoms. The second kappa shape index (κ2) is 10.1. The van der Waals surface area contributed by atoms with Gasteiger partial charge in [0.15, 0.2) is 0 Å². The van der Waals surface area contributed by atoms with Gasteiger partial charge in [0.1, 0.15) is 0 Å². The average Bonchev–Trinajstić information content (AvgIpc) is 2.72. The van der Waals surface area contributed by atoms with Gasteiger partial charge in [0.2, 0.25) is 5.91 Å². The van der Waals surface area contributed by atoms with Gasteiger partial charge in [-0.05, 0) is 68.3 Å². The molecule has 1 aliphatic heterocycles. The largest absolute Gasteiger partial charge is 0.353 e. The molecule has 4 nitrogen and oxygen atoms in total. The summed E-state index contributed by atoms with van der Waals surface area (Å²) in [6.07, 6.45) is 9.25. The van der Waals surface area contributed by atoms with Gasteiger partial charge in [0.25, 0.3) is 0 Å². The highest BCUT2D eigenvalue weighted by atomic mass is 16.1. The number of aromatic nitrogens is 1. The zero-order valence-corrected chi connectivity index (χ0v) is 15.4. The summed E-state index contributed by atoms with van der Waals surface area (Å²) in [7, 11) is 0. The highest BCUT2D eigenvalue weighted by Crippen LogP contribution is 2.19. The minimum Gasteiger partial charge on any atom is -0.353 e. The predicted molar refractivity (Wildman–Crippen MR) is 105 cm³/mol. The summed E-state index contributed by atoms with van der Waals surface area (Å²) in [6, 6.07) is 14.7. The molecule has 4 heteroatoms. The minimum atomic E-state index is 0.150. The molecule has 26 heavy (non-hydrogen) atoms. The van der Waals surface area contributed by atoms with Crippen molar-refractivity contribution < 1.29 is 4.79 Å². The van der Waals surface area contributed by atoms with Crippen LogP contribution in [0.1, 0.15) is 36.8 Å². The number of pyridine rings is 1. The van der Waals surface area contributed by atoms with Crippen LogP contribution in [0.15, 0.2) is 54.9 Å². The Kier molecular flexibility index (Phi) is 7.20. The predicted octanol–water partition coefficient (Wildman–Crippen LogP) is 3.13. The molecule has 2 heterocycles. The van der Waals surface area contributed by atoms with Crippen LogP contribution in [-0.2, 0) is 17.6 Å². The van der Waals surface area contributed by atoms with Gasteiger partial charge >= 0.3 is 0 Å². The molecule has 3 rings (SSSR count). The lowest BCUT2D eigenvalue weighted by Crippen LogP contribution is -2.46. The second-order valence-electron chi connectivity index (χ2n) is 7.17. The van der Waals surface area contributed by atoms with Crippen molar-refractivity contribution >= 4 is 5.91 Å². The minimum absolute atomic E-state index is 0.150. The van der Waals surface area contributed by atoms with E-state index in [0.717, 1.165) is 37.9 Å². The number of rotatable bonds is 8. The van der Waals surface area contributed by atoms with Crippen LogP contribution in [0.5, 0.6) is 0 Å². The first-order valence-electron chi connectivity index (χ1n) is 9.74. The van der Waals surface area contributed by atoms with Gasteiger partial charge in [-0.3, -0.25) is 9.78 Å². The lowest BCUT2D eigenvalue weighted by Gasteiger charge is -2.31. The number of carbonyl (C=O) groups is 1. The Bertz CT molecular complexity index is 654. The third kappa shape index (κ3) is 5.95. The van der Waals surface area contributed by atoms with Crippen molar-refractivity contribution in [3.05, 3.63) is 66.0 Å². The molecular weight excluding hydrogens is 322 g/mol. The van der Waals surface area contributed by atoms with E-state index in [9.17, 15) is 4.79 Å². The Hall–Kier alpha value is -2.20. The van der Waals surface area contributed by atoms with Crippen molar-refractivity contribution in [3.8, 4) is 0 Å². The van der Waals surface area contributed by atoms with Gasteiger partial charge in [-0.1, -0.05) is 36.4 Å². The van der Waals surface area contributed by atoms with E-state index in [2.05, 4.69) is 39.9 Å². The maximum absolute atomic E-state index is 12.5. The van der Waals surface area contributed by atoms with Crippen LogP contribution in [0.2, 0.25) is 0 Å². The van der Waals surface area contributed by atoms with Crippen LogP contribution in [-0.4, -0.2) is 30.0 Å². The molecule has 1 saturated heterocycles. The van der Waals surface area contributed by atoms with E-state index in [0.29, 0.717) is 12.3 Å². The lowest BCUT2D eigenvalue weighted by molar-refractivity contribution is -0.122. The Balaban J connectivity index is 1.54. The lowest BCUT2D eigenvalue weighted by atomic mass is 9.88. The molecule has 2 aromatic rings. The van der Waals surface area contributed by atoms with Crippen molar-refractivity contribution in [3.63, 3.8) is 0 Å². The molecule has 1 amide bonds. The fourth-order valence-corrected chi connectivity index (χ4v) is 3.70. The SMILES string of the molecule is O=C(CCc1cccnc1)NC(CCc1ccccc1)C1CCCNC1. The zero-order chi connectivity index (χ0) is 18.0. The van der Waals surface area contributed by atoms with Gasteiger partial charge in [-0.2, -0.15) is 0 Å². The van der Waals surface area contributed by atoms with Gasteiger partial charge in [0, 0.05) is 24.9 Å². The fraction of sp³-hybridized carbons (Fsp3) is 0.455. The number of hydrogen-bond acceptors (Lipinski definition) is 3. The monoisotopic (exact) mass is 351 g/mol. The van der Waals surface area contributed by atoms with Gasteiger partial charge < -0.3 is 10.6 Å². The maximum atomic E-state index is 12.5. The smallest absolute Gasteiger partial charge is 0.220 e. The molecule has 2 atom stereocenters. The van der Waals surface area contributed by atoms with Crippen molar-refractivity contribution in [2.45, 2.75) is 44.6 Å². The molecule has 2 unspecified atom stereocenters. The number of nitrogens with one attached hydrogen (secondary N) is 2. The highest BCUT2D eigenvalue weighted by Gasteiger charge is 2.24. The topological polar surface area (TPSA) is 54.0 Å². The van der Waals surface area contributed by atoms with Crippen molar-refractivity contribution in [2.24, 2.45) is 5.92 Å². The number of aryl methyl sites for hydroxylation is 2. The Morgan fingerprint density at radius 3 is 2.73 bits per heavy atom. The molecule has 1 aliphatic rings. The van der Waals surface area contributed by atoms with E-state index in [1.165, 1.54) is 18.4 Å². The molecule has 0 bridgehead atoms. The molecule has 0 aliphatic carbocycles. The second-order valence-corrected chi connectivity index (χ2v) is 7.17. The fourth-order valence-electron chi connectivity index (χ4n) is 3.70. The first kappa shape index (κ1) is 18.6. The van der Waals surface area contributed by atoms with Crippen LogP contribution < -0.4 is 10.6 Å². The van der Waals surface area contributed by atoms with E-state index in [-0.39, 0.29) is 11.9 Å². The van der Waals surface area contributed by atoms with Crippen molar-refractivity contribution in [2.75, 3.05) is 13.1 Å². The van der Waals surface area contributed by atoms with Gasteiger partial charge in [0.05, 0.1) is 0 Å². The number of piperidine rings is 1. The van der Waals surface area contributed by atoms with Crippen LogP contribution in [0.25, 0.3) is 0 Å². The molecular formula is C22H29N3O. The maximum Gasteiger partial charge on any atom is 0.220 e. The van der Waals surface area contributed by atoms with E-state index in [4.69, 9.17) is 0 Å². The number of nitrogens with zero attached hydrogens (tertiary/aromatic N) is 1. The van der Waals surface area contributed by atoms with E-state index >= 15 is 0 Å². The summed E-state index contributed by atoms with van der Waals surface area (Å²) >= 11 is 0. The third-order valence-electron chi connectivity index (χ3n) is 5.20. The summed E-state index contributed by atoms with van der Waals surface area (Å²) in [6.45, 7) is 2.10. The van der Waals surface area contributed by atoms with E-state index in [1.54, 1.807) is 6.20 Å². The summed E-state index contributed by atoms with van der Waals surface area (Å²) in [5, 5.41) is 6.81. The van der Waals surface area contributed by atoms with Crippen LogP contribution in [0.4, 0.5) is 0 Å². The third-order valence-corrected chi connectivity index (χ3v) is 5.20. The van der Waals surface area contributed by atoms with E-state index < -0.39 is 0 Å². The summed E-state index contributed by atoms with van der Waals surface area (Å²) in [4.78, 5) is 16.6. The number of carbonyl (C=O) groups excluding carboxylic acids is 1. The average molecular weight is 351 g/mol. The Labute approximate surface area is 156 Å². The Morgan fingerprint density at radius 2 is 2.00 bits per heavy atom. The first-order valence-corrected chi connectivity index (χ1v) is 9.74. The standard InChI is InChI=1S/C22H29N3O/c26-22(13-11-19-8-4-14-23-16-19)25-21(20-9-5-15-24-17-20)12-10-18-6-2-1-3-7-18/h1-4,6-8,14,16,20-21,24H,5,9-13,15,17H2,(H,25,26). The molecule has 138 valence electrons. The van der Waals surface area contributed by atoms with Crippen molar-refractivity contribution in [1.29, 1.82) is 0 Å². The molecule has 1 fully saturated rings. The summed E-state index contributed by atoms with van der Waals surface area (Å²) < 4.78 is 0.